The number of nitro groups is 1. The van der Waals surface area contributed by atoms with E-state index in [0.717, 1.165) is 18.9 Å². The molecule has 6 heteroatoms. The molecule has 0 aromatic heterocycles. The molecular formula is C12H12FN3O2. The highest BCUT2D eigenvalue weighted by molar-refractivity contribution is 5.64. The van der Waals surface area contributed by atoms with E-state index in [1.807, 2.05) is 11.0 Å². The molecule has 0 spiro atoms. The van der Waals surface area contributed by atoms with Crippen LogP contribution in [0.1, 0.15) is 19.3 Å². The van der Waals surface area contributed by atoms with E-state index >= 15 is 0 Å². The van der Waals surface area contributed by atoms with E-state index in [1.165, 1.54) is 12.1 Å². The van der Waals surface area contributed by atoms with Crippen LogP contribution in [0.2, 0.25) is 0 Å². The van der Waals surface area contributed by atoms with E-state index in [-0.39, 0.29) is 11.7 Å². The molecule has 1 fully saturated rings. The summed E-state index contributed by atoms with van der Waals surface area (Å²) in [6.07, 6.45) is 2.21. The Kier molecular flexibility index (Phi) is 3.42. The molecule has 0 bridgehead atoms. The fourth-order valence-corrected chi connectivity index (χ4v) is 1.94. The van der Waals surface area contributed by atoms with Crippen molar-refractivity contribution in [2.45, 2.75) is 25.3 Å². The molecule has 0 aliphatic heterocycles. The van der Waals surface area contributed by atoms with Gasteiger partial charge in [-0.3, -0.25) is 10.1 Å². The molecule has 1 aliphatic rings. The number of nitriles is 1. The van der Waals surface area contributed by atoms with Crippen molar-refractivity contribution in [1.29, 1.82) is 5.26 Å². The minimum absolute atomic E-state index is 0.236. The lowest BCUT2D eigenvalue weighted by Gasteiger charge is -2.23. The normalized spacial score (nSPS) is 14.0. The SMILES string of the molecule is N#CCCN(c1ccc(F)cc1[N+](=O)[O-])C1CC1. The van der Waals surface area contributed by atoms with Crippen LogP contribution in [0.4, 0.5) is 15.8 Å². The van der Waals surface area contributed by atoms with Gasteiger partial charge in [-0.25, -0.2) is 4.39 Å². The first-order chi connectivity index (χ1) is 8.63. The van der Waals surface area contributed by atoms with Crippen LogP contribution in [0.25, 0.3) is 0 Å². The molecule has 2 rings (SSSR count). The summed E-state index contributed by atoms with van der Waals surface area (Å²) in [4.78, 5) is 12.2. The molecule has 0 heterocycles. The van der Waals surface area contributed by atoms with Gasteiger partial charge in [0.25, 0.3) is 5.69 Å². The van der Waals surface area contributed by atoms with Gasteiger partial charge in [0.15, 0.2) is 0 Å². The number of hydrogen-bond donors (Lipinski definition) is 0. The predicted molar refractivity (Wildman–Crippen MR) is 63.7 cm³/mol. The van der Waals surface area contributed by atoms with Crippen LogP contribution in [0.15, 0.2) is 18.2 Å². The summed E-state index contributed by atoms with van der Waals surface area (Å²) in [6.45, 7) is 0.438. The van der Waals surface area contributed by atoms with Gasteiger partial charge in [-0.05, 0) is 25.0 Å². The second-order valence-electron chi connectivity index (χ2n) is 4.22. The number of hydrogen-bond acceptors (Lipinski definition) is 4. The minimum atomic E-state index is -0.624. The number of rotatable bonds is 5. The van der Waals surface area contributed by atoms with E-state index < -0.39 is 10.7 Å². The lowest BCUT2D eigenvalue weighted by atomic mass is 10.2. The second-order valence-corrected chi connectivity index (χ2v) is 4.22. The molecule has 94 valence electrons. The van der Waals surface area contributed by atoms with Gasteiger partial charge in [0.2, 0.25) is 0 Å². The third-order valence-corrected chi connectivity index (χ3v) is 2.90. The Bertz CT molecular complexity index is 509. The van der Waals surface area contributed by atoms with Crippen LogP contribution in [0, 0.1) is 27.3 Å². The number of nitro benzene ring substituents is 1. The molecule has 1 aliphatic carbocycles. The summed E-state index contributed by atoms with van der Waals surface area (Å²) >= 11 is 0. The summed E-state index contributed by atoms with van der Waals surface area (Å²) in [5.41, 5.74) is 0.166. The lowest BCUT2D eigenvalue weighted by molar-refractivity contribution is -0.384. The molecule has 0 radical (unpaired) electrons. The van der Waals surface area contributed by atoms with Gasteiger partial charge < -0.3 is 4.90 Å². The van der Waals surface area contributed by atoms with Crippen molar-refractivity contribution in [1.82, 2.24) is 0 Å². The quantitative estimate of drug-likeness (QED) is 0.594. The number of nitrogens with zero attached hydrogens (tertiary/aromatic N) is 3. The first-order valence-corrected chi connectivity index (χ1v) is 5.71. The zero-order valence-electron chi connectivity index (χ0n) is 9.67. The maximum Gasteiger partial charge on any atom is 0.295 e. The first-order valence-electron chi connectivity index (χ1n) is 5.71. The first kappa shape index (κ1) is 12.3. The summed E-state index contributed by atoms with van der Waals surface area (Å²) in [6, 6.07) is 5.82. The van der Waals surface area contributed by atoms with Crippen LogP contribution in [-0.2, 0) is 0 Å². The van der Waals surface area contributed by atoms with Crippen molar-refractivity contribution in [3.05, 3.63) is 34.1 Å². The van der Waals surface area contributed by atoms with Gasteiger partial charge >= 0.3 is 0 Å². The van der Waals surface area contributed by atoms with E-state index in [9.17, 15) is 14.5 Å². The molecule has 1 saturated carbocycles. The van der Waals surface area contributed by atoms with Crippen molar-refractivity contribution in [2.75, 3.05) is 11.4 Å². The predicted octanol–water partition coefficient (Wildman–Crippen LogP) is 2.62. The molecule has 0 unspecified atom stereocenters. The highest BCUT2D eigenvalue weighted by atomic mass is 19.1. The highest BCUT2D eigenvalue weighted by Crippen LogP contribution is 2.37. The van der Waals surface area contributed by atoms with Crippen molar-refractivity contribution in [3.8, 4) is 6.07 Å². The Morgan fingerprint density at radius 1 is 1.56 bits per heavy atom. The summed E-state index contributed by atoms with van der Waals surface area (Å²) in [5.74, 6) is -0.624. The average Bonchev–Trinajstić information content (AvgIpc) is 3.15. The molecule has 18 heavy (non-hydrogen) atoms. The zero-order chi connectivity index (χ0) is 13.1. The van der Waals surface area contributed by atoms with Crippen molar-refractivity contribution in [3.63, 3.8) is 0 Å². The van der Waals surface area contributed by atoms with Gasteiger partial charge in [-0.15, -0.1) is 0 Å². The van der Waals surface area contributed by atoms with Crippen LogP contribution in [-0.4, -0.2) is 17.5 Å². The zero-order valence-corrected chi connectivity index (χ0v) is 9.67. The molecule has 1 aromatic rings. The monoisotopic (exact) mass is 249 g/mol. The van der Waals surface area contributed by atoms with Gasteiger partial charge in [0.05, 0.1) is 23.5 Å². The van der Waals surface area contributed by atoms with Crippen molar-refractivity contribution in [2.24, 2.45) is 0 Å². The molecule has 5 nitrogen and oxygen atoms in total. The molecule has 0 saturated heterocycles. The fourth-order valence-electron chi connectivity index (χ4n) is 1.94. The average molecular weight is 249 g/mol. The van der Waals surface area contributed by atoms with Crippen molar-refractivity contribution < 1.29 is 9.31 Å². The van der Waals surface area contributed by atoms with Crippen LogP contribution < -0.4 is 4.90 Å². The number of benzene rings is 1. The number of halogens is 1. The fraction of sp³-hybridized carbons (Fsp3) is 0.417. The summed E-state index contributed by atoms with van der Waals surface area (Å²) < 4.78 is 13.1. The summed E-state index contributed by atoms with van der Waals surface area (Å²) in [7, 11) is 0. The minimum Gasteiger partial charge on any atom is -0.362 e. The Morgan fingerprint density at radius 2 is 2.28 bits per heavy atom. The van der Waals surface area contributed by atoms with Gasteiger partial charge in [-0.1, -0.05) is 0 Å². The standard InChI is InChI=1S/C12H12FN3O2/c13-9-2-5-11(12(8-9)16(17)18)15(7-1-6-14)10-3-4-10/h2,5,8,10H,1,3-4,7H2. The van der Waals surface area contributed by atoms with Crippen LogP contribution in [0.5, 0.6) is 0 Å². The Hall–Kier alpha value is -2.16. The van der Waals surface area contributed by atoms with Gasteiger partial charge in [0.1, 0.15) is 11.5 Å². The Labute approximate surface area is 104 Å². The van der Waals surface area contributed by atoms with E-state index in [2.05, 4.69) is 0 Å². The number of anilines is 1. The molecule has 1 aromatic carbocycles. The van der Waals surface area contributed by atoms with E-state index in [1.54, 1.807) is 0 Å². The van der Waals surface area contributed by atoms with Crippen LogP contribution in [0.3, 0.4) is 0 Å². The summed E-state index contributed by atoms with van der Waals surface area (Å²) in [5, 5.41) is 19.6. The molecule has 0 atom stereocenters. The maximum absolute atomic E-state index is 13.1. The second kappa shape index (κ2) is 5.00. The third-order valence-electron chi connectivity index (χ3n) is 2.90. The maximum atomic E-state index is 13.1. The molecule has 0 amide bonds. The van der Waals surface area contributed by atoms with Crippen molar-refractivity contribution >= 4 is 11.4 Å². The van der Waals surface area contributed by atoms with Gasteiger partial charge in [0, 0.05) is 12.6 Å². The largest absolute Gasteiger partial charge is 0.362 e. The van der Waals surface area contributed by atoms with Gasteiger partial charge in [-0.2, -0.15) is 5.26 Å². The highest BCUT2D eigenvalue weighted by Gasteiger charge is 2.32. The molecule has 0 N–H and O–H groups in total. The van der Waals surface area contributed by atoms with Crippen LogP contribution >= 0.6 is 0 Å². The third kappa shape index (κ3) is 2.56. The van der Waals surface area contributed by atoms with E-state index in [0.29, 0.717) is 18.7 Å². The Balaban J connectivity index is 2.34. The lowest BCUT2D eigenvalue weighted by Crippen LogP contribution is -2.27. The Morgan fingerprint density at radius 3 is 2.83 bits per heavy atom. The van der Waals surface area contributed by atoms with E-state index in [4.69, 9.17) is 5.26 Å². The topological polar surface area (TPSA) is 70.2 Å². The molecular weight excluding hydrogens is 237 g/mol. The smallest absolute Gasteiger partial charge is 0.295 e.